The van der Waals surface area contributed by atoms with Gasteiger partial charge in [-0.1, -0.05) is 205 Å². The third-order valence-corrected chi connectivity index (χ3v) is 17.9. The Morgan fingerprint density at radius 3 is 1.49 bits per heavy atom. The molecule has 0 unspecified atom stereocenters. The Hall–Kier alpha value is -8.05. The summed E-state index contributed by atoms with van der Waals surface area (Å²) in [7, 11) is 0. The minimum Gasteiger partial charge on any atom is -0.457 e. The highest BCUT2D eigenvalue weighted by molar-refractivity contribution is 7.99. The molecule has 2 spiro atoms. The molecule has 11 aromatic rings. The third-order valence-electron chi connectivity index (χ3n) is 16.7. The molecule has 356 valence electrons. The van der Waals surface area contributed by atoms with E-state index in [0.29, 0.717) is 0 Å². The molecule has 2 aliphatic carbocycles. The molecule has 0 saturated heterocycles. The van der Waals surface area contributed by atoms with Crippen molar-refractivity contribution in [1.82, 2.24) is 0 Å². The maximum Gasteiger partial charge on any atom is 0.159 e. The smallest absolute Gasteiger partial charge is 0.159 e. The average Bonchev–Trinajstić information content (AvgIpc) is 4.08. The van der Waals surface area contributed by atoms with Crippen molar-refractivity contribution in [3.8, 4) is 33.8 Å². The number of rotatable bonds is 3. The Kier molecular flexibility index (Phi) is 8.97. The highest BCUT2D eigenvalue weighted by Crippen LogP contribution is 2.65. The van der Waals surface area contributed by atoms with E-state index in [1.54, 1.807) is 0 Å². The molecule has 4 aliphatic rings. The van der Waals surface area contributed by atoms with E-state index in [9.17, 15) is 0 Å². The molecule has 0 radical (unpaired) electrons. The molecular weight excluding hydrogens is 919 g/mol. The average molecular weight is 972 g/mol. The van der Waals surface area contributed by atoms with Crippen molar-refractivity contribution in [2.75, 3.05) is 4.90 Å². The van der Waals surface area contributed by atoms with Crippen LogP contribution >= 0.6 is 11.8 Å². The van der Waals surface area contributed by atoms with Crippen molar-refractivity contribution in [2.45, 2.75) is 73.0 Å². The molecule has 1 aromatic heterocycles. The largest absolute Gasteiger partial charge is 0.457 e. The van der Waals surface area contributed by atoms with E-state index in [4.69, 9.17) is 9.15 Å². The highest BCUT2D eigenvalue weighted by Gasteiger charge is 2.53. The fourth-order valence-corrected chi connectivity index (χ4v) is 14.5. The van der Waals surface area contributed by atoms with Gasteiger partial charge >= 0.3 is 0 Å². The molecule has 74 heavy (non-hydrogen) atoms. The first-order valence-corrected chi connectivity index (χ1v) is 26.8. The monoisotopic (exact) mass is 971 g/mol. The fourth-order valence-electron chi connectivity index (χ4n) is 13.3. The van der Waals surface area contributed by atoms with Gasteiger partial charge in [-0.05, 0) is 138 Å². The van der Waals surface area contributed by atoms with Crippen LogP contribution in [-0.4, -0.2) is 0 Å². The standard InChI is InChI=1S/C70H53NO2S/c1-67(2,3)42-30-36-64-58(38-42)70(59-39-43(68(4,5)6)31-37-65(59)74-64)54-25-13-9-20-48(54)49-34-32-44(40-56(49)70)71(60-27-17-22-51-50-21-10-15-28-61(50)73-66(51)60)45-33-35-63-57(41-45)69(55-26-14-16-29-62(55)72-63)52-23-11-7-18-46(52)47-19-8-12-24-53(47)69/h7-41H,1-6H3. The van der Waals surface area contributed by atoms with Gasteiger partial charge in [0.2, 0.25) is 0 Å². The summed E-state index contributed by atoms with van der Waals surface area (Å²) < 4.78 is 14.0. The number of fused-ring (bicyclic) bond motifs is 21. The summed E-state index contributed by atoms with van der Waals surface area (Å²) in [6, 6.07) is 79.5. The van der Waals surface area contributed by atoms with Crippen molar-refractivity contribution in [1.29, 1.82) is 0 Å². The molecule has 10 aromatic carbocycles. The summed E-state index contributed by atoms with van der Waals surface area (Å²) in [5.74, 6) is 1.73. The molecule has 3 nitrogen and oxygen atoms in total. The third kappa shape index (κ3) is 5.80. The van der Waals surface area contributed by atoms with Gasteiger partial charge in [0.25, 0.3) is 0 Å². The summed E-state index contributed by atoms with van der Waals surface area (Å²) in [5, 5.41) is 2.17. The van der Waals surface area contributed by atoms with Gasteiger partial charge in [-0.15, -0.1) is 0 Å². The lowest BCUT2D eigenvalue weighted by atomic mass is 9.65. The maximum absolute atomic E-state index is 7.02. The van der Waals surface area contributed by atoms with Crippen molar-refractivity contribution >= 4 is 50.8 Å². The predicted octanol–water partition coefficient (Wildman–Crippen LogP) is 18.9. The lowest BCUT2D eigenvalue weighted by molar-refractivity contribution is 0.436. The van der Waals surface area contributed by atoms with E-state index in [1.165, 1.54) is 76.6 Å². The van der Waals surface area contributed by atoms with Gasteiger partial charge in [0, 0.05) is 43.1 Å². The molecule has 0 saturated carbocycles. The molecule has 0 fully saturated rings. The van der Waals surface area contributed by atoms with Crippen LogP contribution in [0.25, 0.3) is 44.2 Å². The zero-order valence-corrected chi connectivity index (χ0v) is 43.2. The van der Waals surface area contributed by atoms with E-state index in [2.05, 4.69) is 259 Å². The SMILES string of the molecule is CC(C)(C)c1ccc2c(c1)C1(c3cc(C(C)(C)C)ccc3S2)c2ccccc2-c2ccc(N(c3ccc4c(c3)C3(c5ccccc5O4)c4ccccc4-c4ccccc43)c3cccc4c3oc3ccccc34)cc21. The Morgan fingerprint density at radius 2 is 0.865 bits per heavy atom. The zero-order valence-electron chi connectivity index (χ0n) is 42.4. The summed E-state index contributed by atoms with van der Waals surface area (Å²) in [6.07, 6.45) is 0. The van der Waals surface area contributed by atoms with E-state index in [1.807, 2.05) is 11.8 Å². The summed E-state index contributed by atoms with van der Waals surface area (Å²) in [6.45, 7) is 14.0. The number of anilines is 3. The molecule has 0 N–H and O–H groups in total. The first-order valence-electron chi connectivity index (χ1n) is 26.0. The van der Waals surface area contributed by atoms with Crippen molar-refractivity contribution in [3.05, 3.63) is 268 Å². The van der Waals surface area contributed by atoms with Gasteiger partial charge in [0.15, 0.2) is 5.58 Å². The molecular formula is C70H53NO2S. The minimum absolute atomic E-state index is 0.0618. The van der Waals surface area contributed by atoms with Gasteiger partial charge in [0.05, 0.1) is 16.5 Å². The van der Waals surface area contributed by atoms with Crippen LogP contribution in [-0.2, 0) is 21.7 Å². The lowest BCUT2D eigenvalue weighted by Crippen LogP contribution is -2.33. The van der Waals surface area contributed by atoms with Gasteiger partial charge in [-0.3, -0.25) is 0 Å². The number of furan rings is 1. The zero-order chi connectivity index (χ0) is 49.9. The van der Waals surface area contributed by atoms with Crippen LogP contribution in [0.4, 0.5) is 17.1 Å². The second-order valence-electron chi connectivity index (χ2n) is 22.8. The van der Waals surface area contributed by atoms with Crippen LogP contribution < -0.4 is 9.64 Å². The quantitative estimate of drug-likeness (QED) is 0.176. The predicted molar refractivity (Wildman–Crippen MR) is 305 cm³/mol. The van der Waals surface area contributed by atoms with Crippen molar-refractivity contribution in [2.24, 2.45) is 0 Å². The van der Waals surface area contributed by atoms with E-state index in [0.717, 1.165) is 61.6 Å². The van der Waals surface area contributed by atoms with E-state index < -0.39 is 10.8 Å². The topological polar surface area (TPSA) is 25.6 Å². The molecule has 0 amide bonds. The molecule has 15 rings (SSSR count). The summed E-state index contributed by atoms with van der Waals surface area (Å²) in [5.41, 5.74) is 21.1. The second-order valence-corrected chi connectivity index (χ2v) is 23.8. The Bertz CT molecular complexity index is 4090. The Labute approximate surface area is 437 Å². The van der Waals surface area contributed by atoms with Crippen LogP contribution in [0.3, 0.4) is 0 Å². The highest BCUT2D eigenvalue weighted by atomic mass is 32.2. The number of hydrogen-bond donors (Lipinski definition) is 0. The van der Waals surface area contributed by atoms with Gasteiger partial charge in [0.1, 0.15) is 17.1 Å². The normalized spacial score (nSPS) is 14.9. The van der Waals surface area contributed by atoms with Crippen LogP contribution in [0, 0.1) is 0 Å². The van der Waals surface area contributed by atoms with Crippen LogP contribution in [0.15, 0.2) is 227 Å². The number of ether oxygens (including phenoxy) is 1. The Morgan fingerprint density at radius 1 is 0.378 bits per heavy atom. The fraction of sp³-hybridized carbons (Fsp3) is 0.143. The first-order chi connectivity index (χ1) is 35.9. The number of para-hydroxylation sites is 3. The molecule has 0 atom stereocenters. The van der Waals surface area contributed by atoms with Crippen LogP contribution in [0.5, 0.6) is 11.5 Å². The van der Waals surface area contributed by atoms with Crippen LogP contribution in [0.2, 0.25) is 0 Å². The molecule has 2 aliphatic heterocycles. The number of nitrogens with zero attached hydrogens (tertiary/aromatic N) is 1. The number of benzene rings is 10. The van der Waals surface area contributed by atoms with Gasteiger partial charge < -0.3 is 14.1 Å². The van der Waals surface area contributed by atoms with E-state index in [-0.39, 0.29) is 10.8 Å². The first kappa shape index (κ1) is 43.5. The molecule has 4 heteroatoms. The van der Waals surface area contributed by atoms with Crippen molar-refractivity contribution < 1.29 is 9.15 Å². The number of hydrogen-bond acceptors (Lipinski definition) is 4. The van der Waals surface area contributed by atoms with Crippen molar-refractivity contribution in [3.63, 3.8) is 0 Å². The molecule has 3 heterocycles. The van der Waals surface area contributed by atoms with E-state index >= 15 is 0 Å². The summed E-state index contributed by atoms with van der Waals surface area (Å²) >= 11 is 1.91. The van der Waals surface area contributed by atoms with Gasteiger partial charge in [-0.2, -0.15) is 0 Å². The lowest BCUT2D eigenvalue weighted by Gasteiger charge is -2.42. The molecule has 0 bridgehead atoms. The van der Waals surface area contributed by atoms with Gasteiger partial charge in [-0.25, -0.2) is 0 Å². The Balaban J connectivity index is 1.05. The summed E-state index contributed by atoms with van der Waals surface area (Å²) in [4.78, 5) is 5.05. The second kappa shape index (κ2) is 15.3. The van der Waals surface area contributed by atoms with Crippen LogP contribution in [0.1, 0.15) is 97.2 Å². The maximum atomic E-state index is 7.02. The minimum atomic E-state index is -0.642.